The number of nitrogens with one attached hydrogen (secondary N) is 3. The molecule has 1 aromatic carbocycles. The van der Waals surface area contributed by atoms with Crippen molar-refractivity contribution in [3.63, 3.8) is 0 Å². The van der Waals surface area contributed by atoms with E-state index in [1.54, 1.807) is 14.2 Å². The summed E-state index contributed by atoms with van der Waals surface area (Å²) in [6, 6.07) is 7.79. The summed E-state index contributed by atoms with van der Waals surface area (Å²) in [5.74, 6) is 0.940. The molecule has 1 saturated heterocycles. The average molecular weight is 426 g/mol. The Bertz CT molecular complexity index is 606. The third kappa shape index (κ3) is 9.03. The zero-order chi connectivity index (χ0) is 21.1. The summed E-state index contributed by atoms with van der Waals surface area (Å²) >= 11 is 5.93. The van der Waals surface area contributed by atoms with E-state index in [2.05, 4.69) is 35.9 Å². The molecule has 6 nitrogen and oxygen atoms in total. The van der Waals surface area contributed by atoms with Crippen molar-refractivity contribution in [1.29, 1.82) is 0 Å². The average Bonchev–Trinajstić information content (AvgIpc) is 3.26. The highest BCUT2D eigenvalue weighted by atomic mass is 35.5. The van der Waals surface area contributed by atoms with Crippen molar-refractivity contribution in [2.45, 2.75) is 45.8 Å². The van der Waals surface area contributed by atoms with E-state index in [0.717, 1.165) is 48.9 Å². The van der Waals surface area contributed by atoms with Gasteiger partial charge in [-0.3, -0.25) is 10.6 Å². The number of hydrogen-bond acceptors (Lipinski definition) is 6. The Balaban J connectivity index is 1.70. The van der Waals surface area contributed by atoms with Crippen LogP contribution >= 0.6 is 11.6 Å². The van der Waals surface area contributed by atoms with Crippen LogP contribution in [0.3, 0.4) is 0 Å². The summed E-state index contributed by atoms with van der Waals surface area (Å²) in [4.78, 5) is 0. The first-order valence-corrected chi connectivity index (χ1v) is 10.7. The fourth-order valence-electron chi connectivity index (χ4n) is 3.28. The maximum Gasteiger partial charge on any atom is 0.183 e. The van der Waals surface area contributed by atoms with E-state index in [4.69, 9.17) is 25.8 Å². The largest absolute Gasteiger partial charge is 0.381 e. The van der Waals surface area contributed by atoms with Gasteiger partial charge in [0.15, 0.2) is 6.35 Å². The van der Waals surface area contributed by atoms with Crippen LogP contribution in [0.5, 0.6) is 0 Å². The molecule has 0 radical (unpaired) electrons. The minimum atomic E-state index is -0.254. The summed E-state index contributed by atoms with van der Waals surface area (Å²) < 4.78 is 16.6. The normalized spacial score (nSPS) is 20.4. The number of allylic oxidation sites excluding steroid dienone is 2. The van der Waals surface area contributed by atoms with Gasteiger partial charge in [-0.05, 0) is 43.4 Å². The van der Waals surface area contributed by atoms with Crippen LogP contribution in [0.1, 0.15) is 32.3 Å². The highest BCUT2D eigenvalue weighted by Gasteiger charge is 2.25. The standard InChI is InChI=1S/C22H36ClN3O3/c1-16(13-24-21(27-3)19-11-12-29-15-19)5-6-17(2)26-22(28-4)25-14-18-7-9-20(23)10-8-18/h6-10,16,19,21-22,24-26H,5,11-15H2,1-4H3/b17-6+/t16-,19?,21?,22?/m0/s1. The van der Waals surface area contributed by atoms with Gasteiger partial charge in [-0.15, -0.1) is 0 Å². The topological polar surface area (TPSA) is 63.8 Å². The quantitative estimate of drug-likeness (QED) is 0.420. The van der Waals surface area contributed by atoms with E-state index in [1.165, 1.54) is 0 Å². The minimum Gasteiger partial charge on any atom is -0.381 e. The molecule has 7 heteroatoms. The Kier molecular flexibility index (Phi) is 11.0. The van der Waals surface area contributed by atoms with Crippen LogP contribution in [-0.2, 0) is 20.8 Å². The number of benzene rings is 1. The van der Waals surface area contributed by atoms with Gasteiger partial charge in [-0.2, -0.15) is 0 Å². The van der Waals surface area contributed by atoms with Crippen LogP contribution < -0.4 is 16.0 Å². The maximum atomic E-state index is 5.93. The summed E-state index contributed by atoms with van der Waals surface area (Å²) in [5.41, 5.74) is 2.24. The first-order chi connectivity index (χ1) is 14.0. The predicted octanol–water partition coefficient (Wildman–Crippen LogP) is 3.48. The lowest BCUT2D eigenvalue weighted by atomic mass is 10.0. The van der Waals surface area contributed by atoms with Crippen LogP contribution in [0.15, 0.2) is 36.0 Å². The summed E-state index contributed by atoms with van der Waals surface area (Å²) in [5, 5.41) is 11.0. The second-order valence-corrected chi connectivity index (χ2v) is 8.12. The second-order valence-electron chi connectivity index (χ2n) is 7.68. The SMILES string of the molecule is COC(NCc1ccc(Cl)cc1)N/C(C)=C/C[C@H](C)CNC(OC)C1CCOC1. The van der Waals surface area contributed by atoms with Gasteiger partial charge in [-0.1, -0.05) is 36.7 Å². The summed E-state index contributed by atoms with van der Waals surface area (Å²) in [6.45, 7) is 7.51. The van der Waals surface area contributed by atoms with Gasteiger partial charge in [0.1, 0.15) is 6.23 Å². The van der Waals surface area contributed by atoms with Gasteiger partial charge in [0, 0.05) is 50.6 Å². The summed E-state index contributed by atoms with van der Waals surface area (Å²) in [6.07, 6.45) is 4.05. The van der Waals surface area contributed by atoms with E-state index in [1.807, 2.05) is 24.3 Å². The Labute approximate surface area is 180 Å². The molecule has 2 rings (SSSR count). The third-order valence-electron chi connectivity index (χ3n) is 5.14. The molecule has 29 heavy (non-hydrogen) atoms. The molecule has 1 heterocycles. The first kappa shape index (κ1) is 24.1. The van der Waals surface area contributed by atoms with Gasteiger partial charge in [0.25, 0.3) is 0 Å². The fraction of sp³-hybridized carbons (Fsp3) is 0.636. The second kappa shape index (κ2) is 13.2. The van der Waals surface area contributed by atoms with Crippen molar-refractivity contribution in [3.05, 3.63) is 46.6 Å². The van der Waals surface area contributed by atoms with Crippen LogP contribution in [0.2, 0.25) is 5.02 Å². The maximum absolute atomic E-state index is 5.93. The van der Waals surface area contributed by atoms with Crippen molar-refractivity contribution in [3.8, 4) is 0 Å². The number of rotatable bonds is 13. The third-order valence-corrected chi connectivity index (χ3v) is 5.39. The molecule has 4 atom stereocenters. The van der Waals surface area contributed by atoms with Crippen LogP contribution in [-0.4, -0.2) is 46.6 Å². The molecule has 0 aliphatic carbocycles. The van der Waals surface area contributed by atoms with Gasteiger partial charge in [-0.25, -0.2) is 0 Å². The Morgan fingerprint density at radius 1 is 1.24 bits per heavy atom. The van der Waals surface area contributed by atoms with E-state index in [-0.39, 0.29) is 12.6 Å². The molecule has 1 aromatic rings. The number of hydrogen-bond donors (Lipinski definition) is 3. The lowest BCUT2D eigenvalue weighted by molar-refractivity contribution is 0.0183. The monoisotopic (exact) mass is 425 g/mol. The molecule has 0 bridgehead atoms. The molecule has 1 aliphatic rings. The van der Waals surface area contributed by atoms with Gasteiger partial charge < -0.3 is 19.5 Å². The zero-order valence-electron chi connectivity index (χ0n) is 18.0. The number of halogens is 1. The fourth-order valence-corrected chi connectivity index (χ4v) is 3.41. The Morgan fingerprint density at radius 2 is 2.00 bits per heavy atom. The van der Waals surface area contributed by atoms with Gasteiger partial charge >= 0.3 is 0 Å². The van der Waals surface area contributed by atoms with Crippen molar-refractivity contribution in [2.24, 2.45) is 11.8 Å². The van der Waals surface area contributed by atoms with E-state index >= 15 is 0 Å². The van der Waals surface area contributed by atoms with Crippen LogP contribution in [0.4, 0.5) is 0 Å². The molecule has 1 aliphatic heterocycles. The van der Waals surface area contributed by atoms with Crippen molar-refractivity contribution >= 4 is 11.6 Å². The molecule has 0 saturated carbocycles. The lowest BCUT2D eigenvalue weighted by Gasteiger charge is -2.24. The molecular weight excluding hydrogens is 390 g/mol. The van der Waals surface area contributed by atoms with Gasteiger partial charge in [0.05, 0.1) is 6.61 Å². The van der Waals surface area contributed by atoms with Crippen molar-refractivity contribution in [2.75, 3.05) is 34.0 Å². The predicted molar refractivity (Wildman–Crippen MR) is 117 cm³/mol. The first-order valence-electron chi connectivity index (χ1n) is 10.3. The Hall–Kier alpha value is -1.15. The molecule has 0 amide bonds. The smallest absolute Gasteiger partial charge is 0.183 e. The highest BCUT2D eigenvalue weighted by Crippen LogP contribution is 2.17. The van der Waals surface area contributed by atoms with E-state index < -0.39 is 0 Å². The zero-order valence-corrected chi connectivity index (χ0v) is 18.8. The molecular formula is C22H36ClN3O3. The van der Waals surface area contributed by atoms with Crippen molar-refractivity contribution in [1.82, 2.24) is 16.0 Å². The molecule has 164 valence electrons. The molecule has 0 spiro atoms. The number of methoxy groups -OCH3 is 2. The molecule has 3 unspecified atom stereocenters. The lowest BCUT2D eigenvalue weighted by Crippen LogP contribution is -2.42. The van der Waals surface area contributed by atoms with E-state index in [9.17, 15) is 0 Å². The van der Waals surface area contributed by atoms with E-state index in [0.29, 0.717) is 18.4 Å². The Morgan fingerprint density at radius 3 is 2.62 bits per heavy atom. The summed E-state index contributed by atoms with van der Waals surface area (Å²) in [7, 11) is 3.44. The van der Waals surface area contributed by atoms with Crippen LogP contribution in [0, 0.1) is 11.8 Å². The molecule has 1 fully saturated rings. The minimum absolute atomic E-state index is 0.0677. The molecule has 3 N–H and O–H groups in total. The number of ether oxygens (including phenoxy) is 3. The highest BCUT2D eigenvalue weighted by molar-refractivity contribution is 6.30. The molecule has 0 aromatic heterocycles. The van der Waals surface area contributed by atoms with Crippen molar-refractivity contribution < 1.29 is 14.2 Å². The van der Waals surface area contributed by atoms with Crippen LogP contribution in [0.25, 0.3) is 0 Å². The van der Waals surface area contributed by atoms with Gasteiger partial charge in [0.2, 0.25) is 0 Å².